The minimum absolute atomic E-state index is 0.199. The number of rotatable bonds is 5. The van der Waals surface area contributed by atoms with Crippen molar-refractivity contribution >= 4 is 15.9 Å². The smallest absolute Gasteiger partial charge is 0.0292 e. The van der Waals surface area contributed by atoms with Gasteiger partial charge in [-0.15, -0.1) is 0 Å². The molecule has 1 fully saturated rings. The van der Waals surface area contributed by atoms with Crippen LogP contribution in [0.4, 0.5) is 0 Å². The molecule has 4 heteroatoms. The van der Waals surface area contributed by atoms with Crippen LogP contribution in [0.25, 0.3) is 0 Å². The van der Waals surface area contributed by atoms with E-state index < -0.39 is 0 Å². The third-order valence-electron chi connectivity index (χ3n) is 4.57. The molecular formula is C17H28BrN3. The Hall–Kier alpha value is -0.420. The Morgan fingerprint density at radius 2 is 1.71 bits per heavy atom. The molecule has 2 rings (SSSR count). The lowest BCUT2D eigenvalue weighted by Crippen LogP contribution is -2.57. The second-order valence-electron chi connectivity index (χ2n) is 6.76. The molecule has 1 atom stereocenters. The van der Waals surface area contributed by atoms with Crippen LogP contribution < -0.4 is 5.32 Å². The Morgan fingerprint density at radius 3 is 2.29 bits per heavy atom. The Kier molecular flexibility index (Phi) is 5.83. The first-order valence-electron chi connectivity index (χ1n) is 7.81. The minimum atomic E-state index is 0.199. The van der Waals surface area contributed by atoms with Crippen LogP contribution in [-0.2, 0) is 0 Å². The SMILES string of the molecule is CC(NCC(C)(C)N1CCN(C)CC1)c1ccc(Br)cc1. The number of likely N-dealkylation sites (N-methyl/N-ethyl adjacent to an activating group) is 1. The molecule has 0 radical (unpaired) electrons. The molecule has 0 saturated carbocycles. The number of halogens is 1. The van der Waals surface area contributed by atoms with E-state index in [0.29, 0.717) is 6.04 Å². The number of benzene rings is 1. The van der Waals surface area contributed by atoms with Crippen LogP contribution in [-0.4, -0.2) is 55.1 Å². The first-order valence-corrected chi connectivity index (χ1v) is 8.60. The van der Waals surface area contributed by atoms with Gasteiger partial charge in [0, 0.05) is 48.8 Å². The van der Waals surface area contributed by atoms with E-state index in [1.807, 2.05) is 0 Å². The Bertz CT molecular complexity index is 436. The molecule has 0 bridgehead atoms. The molecule has 1 saturated heterocycles. The van der Waals surface area contributed by atoms with Crippen molar-refractivity contribution in [1.29, 1.82) is 0 Å². The minimum Gasteiger partial charge on any atom is -0.308 e. The van der Waals surface area contributed by atoms with Crippen molar-refractivity contribution in [1.82, 2.24) is 15.1 Å². The lowest BCUT2D eigenvalue weighted by molar-refractivity contribution is 0.0605. The number of nitrogens with zero attached hydrogens (tertiary/aromatic N) is 2. The molecule has 0 aliphatic carbocycles. The van der Waals surface area contributed by atoms with Crippen molar-refractivity contribution in [2.75, 3.05) is 39.8 Å². The Morgan fingerprint density at radius 1 is 1.14 bits per heavy atom. The normalized spacial score (nSPS) is 19.7. The van der Waals surface area contributed by atoms with E-state index in [2.05, 4.69) is 83.1 Å². The molecule has 1 unspecified atom stereocenters. The average molecular weight is 354 g/mol. The molecule has 0 spiro atoms. The van der Waals surface area contributed by atoms with Gasteiger partial charge in [-0.3, -0.25) is 4.90 Å². The zero-order valence-electron chi connectivity index (χ0n) is 13.7. The van der Waals surface area contributed by atoms with E-state index in [9.17, 15) is 0 Å². The fourth-order valence-electron chi connectivity index (χ4n) is 2.80. The topological polar surface area (TPSA) is 18.5 Å². The van der Waals surface area contributed by atoms with Gasteiger partial charge in [0.2, 0.25) is 0 Å². The van der Waals surface area contributed by atoms with Gasteiger partial charge in [0.1, 0.15) is 0 Å². The van der Waals surface area contributed by atoms with Gasteiger partial charge in [0.25, 0.3) is 0 Å². The summed E-state index contributed by atoms with van der Waals surface area (Å²) < 4.78 is 1.14. The maximum atomic E-state index is 3.70. The van der Waals surface area contributed by atoms with Crippen LogP contribution in [0.15, 0.2) is 28.7 Å². The highest BCUT2D eigenvalue weighted by Crippen LogP contribution is 2.20. The molecule has 118 valence electrons. The summed E-state index contributed by atoms with van der Waals surface area (Å²) in [7, 11) is 2.21. The lowest BCUT2D eigenvalue weighted by atomic mass is 10.00. The summed E-state index contributed by atoms with van der Waals surface area (Å²) in [6.45, 7) is 12.6. The van der Waals surface area contributed by atoms with Crippen molar-refractivity contribution in [3.05, 3.63) is 34.3 Å². The second kappa shape index (κ2) is 7.23. The van der Waals surface area contributed by atoms with Gasteiger partial charge in [-0.25, -0.2) is 0 Å². The van der Waals surface area contributed by atoms with Gasteiger partial charge in [0.15, 0.2) is 0 Å². The van der Waals surface area contributed by atoms with Crippen LogP contribution in [0.2, 0.25) is 0 Å². The van der Waals surface area contributed by atoms with Crippen molar-refractivity contribution in [2.45, 2.75) is 32.4 Å². The summed E-state index contributed by atoms with van der Waals surface area (Å²) in [5.41, 5.74) is 1.54. The van der Waals surface area contributed by atoms with E-state index in [4.69, 9.17) is 0 Å². The van der Waals surface area contributed by atoms with Gasteiger partial charge < -0.3 is 10.2 Å². The second-order valence-corrected chi connectivity index (χ2v) is 7.67. The van der Waals surface area contributed by atoms with Crippen LogP contribution in [0.3, 0.4) is 0 Å². The molecule has 1 heterocycles. The van der Waals surface area contributed by atoms with E-state index in [1.54, 1.807) is 0 Å². The predicted molar refractivity (Wildman–Crippen MR) is 93.7 cm³/mol. The summed E-state index contributed by atoms with van der Waals surface area (Å²) in [6, 6.07) is 8.97. The predicted octanol–water partition coefficient (Wildman–Crippen LogP) is 3.13. The van der Waals surface area contributed by atoms with Crippen LogP contribution >= 0.6 is 15.9 Å². The molecule has 0 aromatic heterocycles. The van der Waals surface area contributed by atoms with Crippen molar-refractivity contribution < 1.29 is 0 Å². The van der Waals surface area contributed by atoms with Crippen LogP contribution in [0.1, 0.15) is 32.4 Å². The zero-order valence-corrected chi connectivity index (χ0v) is 15.3. The quantitative estimate of drug-likeness (QED) is 0.877. The van der Waals surface area contributed by atoms with Crippen molar-refractivity contribution in [3.8, 4) is 0 Å². The third-order valence-corrected chi connectivity index (χ3v) is 5.10. The lowest BCUT2D eigenvalue weighted by Gasteiger charge is -2.44. The van der Waals surface area contributed by atoms with Crippen LogP contribution in [0.5, 0.6) is 0 Å². The fraction of sp³-hybridized carbons (Fsp3) is 0.647. The molecule has 3 nitrogen and oxygen atoms in total. The number of nitrogens with one attached hydrogen (secondary N) is 1. The standard InChI is InChI=1S/C17H28BrN3/c1-14(15-5-7-16(18)8-6-15)19-13-17(2,3)21-11-9-20(4)10-12-21/h5-8,14,19H,9-13H2,1-4H3. The highest BCUT2D eigenvalue weighted by Gasteiger charge is 2.29. The van der Waals surface area contributed by atoms with Crippen LogP contribution in [0, 0.1) is 0 Å². The van der Waals surface area contributed by atoms with Gasteiger partial charge in [-0.1, -0.05) is 28.1 Å². The molecule has 1 aromatic carbocycles. The zero-order chi connectivity index (χ0) is 15.5. The number of piperazine rings is 1. The highest BCUT2D eigenvalue weighted by molar-refractivity contribution is 9.10. The van der Waals surface area contributed by atoms with E-state index in [1.165, 1.54) is 18.7 Å². The van der Waals surface area contributed by atoms with Crippen molar-refractivity contribution in [2.24, 2.45) is 0 Å². The fourth-order valence-corrected chi connectivity index (χ4v) is 3.06. The maximum Gasteiger partial charge on any atom is 0.0292 e. The molecule has 1 aliphatic rings. The van der Waals surface area contributed by atoms with Gasteiger partial charge >= 0.3 is 0 Å². The monoisotopic (exact) mass is 353 g/mol. The Balaban J connectivity index is 1.87. The summed E-state index contributed by atoms with van der Waals surface area (Å²) in [6.07, 6.45) is 0. The number of hydrogen-bond donors (Lipinski definition) is 1. The van der Waals surface area contributed by atoms with E-state index in [-0.39, 0.29) is 5.54 Å². The van der Waals surface area contributed by atoms with Gasteiger partial charge in [0.05, 0.1) is 0 Å². The number of hydrogen-bond acceptors (Lipinski definition) is 3. The molecule has 1 N–H and O–H groups in total. The van der Waals surface area contributed by atoms with Gasteiger partial charge in [-0.2, -0.15) is 0 Å². The molecule has 1 aliphatic heterocycles. The molecule has 0 amide bonds. The first-order chi connectivity index (χ1) is 9.88. The maximum absolute atomic E-state index is 3.70. The van der Waals surface area contributed by atoms with E-state index >= 15 is 0 Å². The first kappa shape index (κ1) is 16.9. The molecule has 1 aromatic rings. The highest BCUT2D eigenvalue weighted by atomic mass is 79.9. The molecule has 21 heavy (non-hydrogen) atoms. The summed E-state index contributed by atoms with van der Waals surface area (Å²) in [5.74, 6) is 0. The average Bonchev–Trinajstić information content (AvgIpc) is 2.46. The summed E-state index contributed by atoms with van der Waals surface area (Å²) >= 11 is 3.49. The summed E-state index contributed by atoms with van der Waals surface area (Å²) in [4.78, 5) is 5.01. The van der Waals surface area contributed by atoms with Gasteiger partial charge in [-0.05, 0) is 45.5 Å². The van der Waals surface area contributed by atoms with Crippen molar-refractivity contribution in [3.63, 3.8) is 0 Å². The summed E-state index contributed by atoms with van der Waals surface area (Å²) in [5, 5.41) is 3.70. The third kappa shape index (κ3) is 4.78. The Labute approximate surface area is 137 Å². The largest absolute Gasteiger partial charge is 0.308 e. The van der Waals surface area contributed by atoms with E-state index in [0.717, 1.165) is 24.1 Å². The molecular weight excluding hydrogens is 326 g/mol.